The van der Waals surface area contributed by atoms with Crippen LogP contribution in [0, 0.1) is 5.41 Å². The van der Waals surface area contributed by atoms with Crippen molar-refractivity contribution in [3.05, 3.63) is 18.5 Å². The highest BCUT2D eigenvalue weighted by Gasteiger charge is 2.18. The van der Waals surface area contributed by atoms with Crippen LogP contribution in [0.4, 0.5) is 5.95 Å². The van der Waals surface area contributed by atoms with Crippen LogP contribution < -0.4 is 10.6 Å². The molecule has 0 aromatic carbocycles. The maximum atomic E-state index is 7.21. The predicted octanol–water partition coefficient (Wildman–Crippen LogP) is -0.0753. The van der Waals surface area contributed by atoms with Crippen LogP contribution >= 0.6 is 0 Å². The second-order valence-corrected chi connectivity index (χ2v) is 4.15. The van der Waals surface area contributed by atoms with Gasteiger partial charge in [0.25, 0.3) is 0 Å². The monoisotopic (exact) mass is 234 g/mol. The van der Waals surface area contributed by atoms with Crippen molar-refractivity contribution >= 4 is 11.8 Å². The van der Waals surface area contributed by atoms with E-state index in [-0.39, 0.29) is 5.84 Å². The minimum Gasteiger partial charge on any atom is -0.388 e. The SMILES string of the molecule is N=C(N)CCN1CCN(c2ncccn2)CC1. The number of aromatic nitrogens is 2. The second-order valence-electron chi connectivity index (χ2n) is 4.15. The molecule has 0 saturated carbocycles. The van der Waals surface area contributed by atoms with E-state index in [1.54, 1.807) is 12.4 Å². The zero-order valence-corrected chi connectivity index (χ0v) is 9.84. The maximum Gasteiger partial charge on any atom is 0.225 e. The molecule has 1 aromatic heterocycles. The van der Waals surface area contributed by atoms with Crippen molar-refractivity contribution in [3.63, 3.8) is 0 Å². The van der Waals surface area contributed by atoms with Crippen molar-refractivity contribution < 1.29 is 0 Å². The number of nitrogens with two attached hydrogens (primary N) is 1. The van der Waals surface area contributed by atoms with Gasteiger partial charge in [-0.1, -0.05) is 0 Å². The van der Waals surface area contributed by atoms with Gasteiger partial charge < -0.3 is 10.6 Å². The summed E-state index contributed by atoms with van der Waals surface area (Å²) in [5.74, 6) is 1.07. The standard InChI is InChI=1S/C11H18N6/c12-10(13)2-5-16-6-8-17(9-7-16)11-14-3-1-4-15-11/h1,3-4H,2,5-9H2,(H3,12,13). The number of nitrogens with one attached hydrogen (secondary N) is 1. The van der Waals surface area contributed by atoms with Gasteiger partial charge in [0.05, 0.1) is 5.84 Å². The molecule has 2 rings (SSSR count). The highest BCUT2D eigenvalue weighted by Crippen LogP contribution is 2.09. The van der Waals surface area contributed by atoms with E-state index < -0.39 is 0 Å². The second kappa shape index (κ2) is 5.58. The third-order valence-electron chi connectivity index (χ3n) is 2.90. The summed E-state index contributed by atoms with van der Waals surface area (Å²) in [6, 6.07) is 1.83. The van der Waals surface area contributed by atoms with Crippen LogP contribution in [-0.4, -0.2) is 53.4 Å². The van der Waals surface area contributed by atoms with Gasteiger partial charge in [-0.15, -0.1) is 0 Å². The van der Waals surface area contributed by atoms with Crippen LogP contribution in [0.1, 0.15) is 6.42 Å². The quantitative estimate of drug-likeness (QED) is 0.562. The van der Waals surface area contributed by atoms with E-state index in [1.165, 1.54) is 0 Å². The van der Waals surface area contributed by atoms with Crippen LogP contribution in [0.25, 0.3) is 0 Å². The van der Waals surface area contributed by atoms with E-state index in [0.29, 0.717) is 6.42 Å². The van der Waals surface area contributed by atoms with Crippen molar-refractivity contribution in [3.8, 4) is 0 Å². The lowest BCUT2D eigenvalue weighted by Gasteiger charge is -2.34. The largest absolute Gasteiger partial charge is 0.388 e. The first-order valence-electron chi connectivity index (χ1n) is 5.83. The highest BCUT2D eigenvalue weighted by atomic mass is 15.3. The van der Waals surface area contributed by atoms with Crippen molar-refractivity contribution in [1.29, 1.82) is 5.41 Å². The summed E-state index contributed by atoms with van der Waals surface area (Å²) in [5.41, 5.74) is 5.35. The summed E-state index contributed by atoms with van der Waals surface area (Å²) >= 11 is 0. The number of amidine groups is 1. The Hall–Kier alpha value is -1.69. The fourth-order valence-electron chi connectivity index (χ4n) is 1.90. The van der Waals surface area contributed by atoms with Gasteiger partial charge in [-0.2, -0.15) is 0 Å². The molecule has 0 unspecified atom stereocenters. The summed E-state index contributed by atoms with van der Waals surface area (Å²) in [7, 11) is 0. The number of piperazine rings is 1. The van der Waals surface area contributed by atoms with Crippen LogP contribution in [-0.2, 0) is 0 Å². The molecule has 6 heteroatoms. The van der Waals surface area contributed by atoms with E-state index in [9.17, 15) is 0 Å². The number of hydrogen-bond donors (Lipinski definition) is 2. The van der Waals surface area contributed by atoms with Crippen LogP contribution in [0.3, 0.4) is 0 Å². The van der Waals surface area contributed by atoms with Gasteiger partial charge in [0, 0.05) is 51.5 Å². The molecule has 0 aliphatic carbocycles. The van der Waals surface area contributed by atoms with Crippen molar-refractivity contribution in [2.45, 2.75) is 6.42 Å². The molecular formula is C11H18N6. The molecule has 92 valence electrons. The molecule has 1 aromatic rings. The lowest BCUT2D eigenvalue weighted by Crippen LogP contribution is -2.47. The molecule has 0 atom stereocenters. The van der Waals surface area contributed by atoms with Gasteiger partial charge in [-0.25, -0.2) is 9.97 Å². The van der Waals surface area contributed by atoms with E-state index in [1.807, 2.05) is 6.07 Å². The van der Waals surface area contributed by atoms with Crippen molar-refractivity contribution in [2.24, 2.45) is 5.73 Å². The Balaban J connectivity index is 1.80. The third-order valence-corrected chi connectivity index (χ3v) is 2.90. The Bertz CT molecular complexity index is 357. The normalized spacial score (nSPS) is 17.1. The smallest absolute Gasteiger partial charge is 0.225 e. The summed E-state index contributed by atoms with van der Waals surface area (Å²) in [4.78, 5) is 13.0. The van der Waals surface area contributed by atoms with E-state index in [4.69, 9.17) is 11.1 Å². The minimum absolute atomic E-state index is 0.263. The average Bonchev–Trinajstić information content (AvgIpc) is 2.38. The van der Waals surface area contributed by atoms with Gasteiger partial charge in [0.1, 0.15) is 0 Å². The molecule has 1 fully saturated rings. The molecule has 2 heterocycles. The first kappa shape index (κ1) is 11.8. The van der Waals surface area contributed by atoms with Gasteiger partial charge >= 0.3 is 0 Å². The molecule has 1 aliphatic heterocycles. The zero-order valence-electron chi connectivity index (χ0n) is 9.84. The maximum absolute atomic E-state index is 7.21. The summed E-state index contributed by atoms with van der Waals surface area (Å²) < 4.78 is 0. The zero-order chi connectivity index (χ0) is 12.1. The fourth-order valence-corrected chi connectivity index (χ4v) is 1.90. The Morgan fingerprint density at radius 1 is 1.24 bits per heavy atom. The molecule has 0 bridgehead atoms. The lowest BCUT2D eigenvalue weighted by molar-refractivity contribution is 0.263. The van der Waals surface area contributed by atoms with E-state index in [0.717, 1.165) is 38.7 Å². The molecule has 0 amide bonds. The first-order valence-corrected chi connectivity index (χ1v) is 5.83. The lowest BCUT2D eigenvalue weighted by atomic mass is 10.3. The topological polar surface area (TPSA) is 82.1 Å². The highest BCUT2D eigenvalue weighted by molar-refractivity contribution is 5.76. The first-order chi connectivity index (χ1) is 8.25. The molecule has 1 saturated heterocycles. The van der Waals surface area contributed by atoms with Gasteiger partial charge in [-0.3, -0.25) is 10.3 Å². The van der Waals surface area contributed by atoms with E-state index >= 15 is 0 Å². The van der Waals surface area contributed by atoms with E-state index in [2.05, 4.69) is 19.8 Å². The van der Waals surface area contributed by atoms with Crippen LogP contribution in [0.2, 0.25) is 0 Å². The molecule has 3 N–H and O–H groups in total. The van der Waals surface area contributed by atoms with Crippen molar-refractivity contribution in [2.75, 3.05) is 37.6 Å². The minimum atomic E-state index is 0.263. The van der Waals surface area contributed by atoms with Gasteiger partial charge in [-0.05, 0) is 6.07 Å². The number of rotatable bonds is 4. The number of anilines is 1. The van der Waals surface area contributed by atoms with Gasteiger partial charge in [0.2, 0.25) is 5.95 Å². The molecule has 0 radical (unpaired) electrons. The van der Waals surface area contributed by atoms with Gasteiger partial charge in [0.15, 0.2) is 0 Å². The summed E-state index contributed by atoms with van der Waals surface area (Å²) in [5, 5.41) is 7.21. The average molecular weight is 234 g/mol. The molecule has 17 heavy (non-hydrogen) atoms. The Labute approximate surface area is 101 Å². The molecular weight excluding hydrogens is 216 g/mol. The summed E-state index contributed by atoms with van der Waals surface area (Å²) in [6.45, 7) is 4.69. The fraction of sp³-hybridized carbons (Fsp3) is 0.545. The Morgan fingerprint density at radius 3 is 2.47 bits per heavy atom. The molecule has 1 aliphatic rings. The Kier molecular flexibility index (Phi) is 3.87. The van der Waals surface area contributed by atoms with Crippen molar-refractivity contribution in [1.82, 2.24) is 14.9 Å². The number of nitrogens with zero attached hydrogens (tertiary/aromatic N) is 4. The third kappa shape index (κ3) is 3.39. The predicted molar refractivity (Wildman–Crippen MR) is 67.2 cm³/mol. The molecule has 0 spiro atoms. The van der Waals surface area contributed by atoms with Crippen LogP contribution in [0.15, 0.2) is 18.5 Å². The Morgan fingerprint density at radius 2 is 1.88 bits per heavy atom. The number of hydrogen-bond acceptors (Lipinski definition) is 5. The molecule has 6 nitrogen and oxygen atoms in total. The van der Waals surface area contributed by atoms with Crippen LogP contribution in [0.5, 0.6) is 0 Å². The summed E-state index contributed by atoms with van der Waals surface area (Å²) in [6.07, 6.45) is 4.19.